The first-order chi connectivity index (χ1) is 40.7. The van der Waals surface area contributed by atoms with Gasteiger partial charge in [-0.1, -0.05) is 261 Å². The summed E-state index contributed by atoms with van der Waals surface area (Å²) >= 11 is 0. The van der Waals surface area contributed by atoms with Crippen molar-refractivity contribution in [3.8, 4) is 0 Å². The van der Waals surface area contributed by atoms with Crippen molar-refractivity contribution >= 4 is 30.2 Å². The molecule has 0 aliphatic carbocycles. The van der Waals surface area contributed by atoms with Gasteiger partial charge in [-0.25, -0.2) is 0 Å². The lowest BCUT2D eigenvalue weighted by molar-refractivity contribution is -0.156. The molecule has 0 saturated carbocycles. The van der Waals surface area contributed by atoms with Crippen molar-refractivity contribution in [2.24, 2.45) is 0 Å². The van der Waals surface area contributed by atoms with Crippen LogP contribution in [0.1, 0.15) is 402 Å². The fourth-order valence-corrected chi connectivity index (χ4v) is 10.6. The Hall–Kier alpha value is -2.66. The Kier molecular flexibility index (Phi) is 69.1. The quantitative estimate of drug-likeness (QED) is 0.0253. The van der Waals surface area contributed by atoms with Gasteiger partial charge in [-0.15, -0.1) is 0 Å². The molecule has 0 spiro atoms. The van der Waals surface area contributed by atoms with E-state index in [9.17, 15) is 32.3 Å². The Labute approximate surface area is 516 Å². The third-order valence-electron chi connectivity index (χ3n) is 15.9. The van der Waals surface area contributed by atoms with Crippen LogP contribution in [0.3, 0.4) is 0 Å². The van der Waals surface area contributed by atoms with Crippen LogP contribution in [0, 0.1) is 0 Å². The predicted molar refractivity (Wildman–Crippen MR) is 346 cm³/mol. The molecule has 0 aliphatic rings. The highest BCUT2D eigenvalue weighted by molar-refractivity contribution is 5.73. The standard InChI is InChI=1S/2C35H68O4.C2HF3O/c2*1-5-9-13-17-21-26-32(27-22-18-14-10-6-2)38-34(36)30-25-31-35(37)39-33(28-23-19-15-11-7-3)29-24-20-16-12-8-4;3-2(4,5)1-6/h2*32-33H,5-31H2,1-4H3;1H. The molecule has 0 N–H and O–H groups in total. The number of unbranched alkanes of at least 4 members (excludes halogenated alkanes) is 32. The number of hydrogen-bond acceptors (Lipinski definition) is 9. The largest absolute Gasteiger partial charge is 0.462 e. The topological polar surface area (TPSA) is 122 Å². The zero-order valence-electron chi connectivity index (χ0n) is 56.4. The van der Waals surface area contributed by atoms with Crippen molar-refractivity contribution < 1.29 is 56.1 Å². The van der Waals surface area contributed by atoms with Crippen LogP contribution in [0.15, 0.2) is 0 Å². The Morgan fingerprint density at radius 1 is 0.262 bits per heavy atom. The van der Waals surface area contributed by atoms with Crippen molar-refractivity contribution in [3.05, 3.63) is 0 Å². The van der Waals surface area contributed by atoms with Crippen LogP contribution in [-0.2, 0) is 42.9 Å². The summed E-state index contributed by atoms with van der Waals surface area (Å²) in [6.07, 6.45) is 53.9. The maximum atomic E-state index is 12.6. The van der Waals surface area contributed by atoms with Crippen LogP contribution in [-0.4, -0.2) is 60.8 Å². The SMILES string of the molecule is CCCCCCCC(CCCCCCC)OC(=O)CCCC(=O)OC(CCCCCCC)CCCCCCC.CCCCCCCC(CCCCCCC)OC(=O)CCCC(=O)OC(CCCCCCC)CCCCCCC.O=CC(F)(F)F. The van der Waals surface area contributed by atoms with Gasteiger partial charge in [-0.05, 0) is 116 Å². The molecule has 0 aliphatic heterocycles. The molecular weight excluding hydrogens is 1070 g/mol. The third kappa shape index (κ3) is 68.5. The van der Waals surface area contributed by atoms with Gasteiger partial charge in [0.2, 0.25) is 6.29 Å². The molecule has 12 heteroatoms. The molecular formula is C72H137F3O9. The van der Waals surface area contributed by atoms with Gasteiger partial charge in [0.15, 0.2) is 0 Å². The fourth-order valence-electron chi connectivity index (χ4n) is 10.6. The minimum absolute atomic E-state index is 0.0394. The van der Waals surface area contributed by atoms with Gasteiger partial charge in [-0.3, -0.25) is 24.0 Å². The summed E-state index contributed by atoms with van der Waals surface area (Å²) in [6, 6.07) is 0. The van der Waals surface area contributed by atoms with Crippen molar-refractivity contribution in [2.75, 3.05) is 0 Å². The molecule has 0 radical (unpaired) electrons. The minimum atomic E-state index is -4.64. The third-order valence-corrected chi connectivity index (χ3v) is 15.9. The molecule has 0 unspecified atom stereocenters. The number of carbonyl (C=O) groups excluding carboxylic acids is 5. The highest BCUT2D eigenvalue weighted by atomic mass is 19.4. The maximum Gasteiger partial charge on any atom is 0.446 e. The molecule has 0 saturated heterocycles. The molecule has 0 rings (SSSR count). The van der Waals surface area contributed by atoms with E-state index in [0.717, 1.165) is 103 Å². The highest BCUT2D eigenvalue weighted by Gasteiger charge is 2.25. The highest BCUT2D eigenvalue weighted by Crippen LogP contribution is 2.23. The normalized spacial score (nSPS) is 11.4. The van der Waals surface area contributed by atoms with E-state index in [0.29, 0.717) is 38.5 Å². The first-order valence-corrected chi connectivity index (χ1v) is 36.0. The predicted octanol–water partition coefficient (Wildman–Crippen LogP) is 23.6. The molecule has 0 bridgehead atoms. The summed E-state index contributed by atoms with van der Waals surface area (Å²) in [5.74, 6) is -0.562. The summed E-state index contributed by atoms with van der Waals surface area (Å²) in [4.78, 5) is 59.1. The number of carbonyl (C=O) groups is 5. The van der Waals surface area contributed by atoms with Crippen molar-refractivity contribution in [3.63, 3.8) is 0 Å². The number of aldehydes is 1. The molecule has 0 fully saturated rings. The first kappa shape index (κ1) is 85.5. The molecule has 0 aromatic heterocycles. The van der Waals surface area contributed by atoms with E-state index < -0.39 is 12.5 Å². The average Bonchev–Trinajstić information content (AvgIpc) is 3.46. The van der Waals surface area contributed by atoms with Gasteiger partial charge in [0, 0.05) is 25.7 Å². The van der Waals surface area contributed by atoms with E-state index in [1.54, 1.807) is 0 Å². The van der Waals surface area contributed by atoms with E-state index in [2.05, 4.69) is 55.4 Å². The zero-order chi connectivity index (χ0) is 62.8. The summed E-state index contributed by atoms with van der Waals surface area (Å²) in [6.45, 7) is 17.9. The molecule has 9 nitrogen and oxygen atoms in total. The number of hydrogen-bond donors (Lipinski definition) is 0. The molecule has 0 aromatic carbocycles. The lowest BCUT2D eigenvalue weighted by Gasteiger charge is -2.19. The fraction of sp³-hybridized carbons (Fsp3) is 0.931. The van der Waals surface area contributed by atoms with Crippen LogP contribution in [0.2, 0.25) is 0 Å². The maximum absolute atomic E-state index is 12.6. The van der Waals surface area contributed by atoms with Crippen LogP contribution < -0.4 is 0 Å². The Balaban J connectivity index is -0.00000142. The average molecular weight is 1200 g/mol. The summed E-state index contributed by atoms with van der Waals surface area (Å²) in [5.41, 5.74) is 0. The second-order valence-electron chi connectivity index (χ2n) is 24.4. The van der Waals surface area contributed by atoms with E-state index in [1.807, 2.05) is 0 Å². The van der Waals surface area contributed by atoms with Crippen molar-refractivity contribution in [1.82, 2.24) is 0 Å². The van der Waals surface area contributed by atoms with Gasteiger partial charge < -0.3 is 18.9 Å². The minimum Gasteiger partial charge on any atom is -0.462 e. The summed E-state index contributed by atoms with van der Waals surface area (Å²) < 4.78 is 54.9. The van der Waals surface area contributed by atoms with E-state index in [4.69, 9.17) is 23.7 Å². The van der Waals surface area contributed by atoms with Crippen LogP contribution in [0.4, 0.5) is 13.2 Å². The summed E-state index contributed by atoms with van der Waals surface area (Å²) in [7, 11) is 0. The molecule has 500 valence electrons. The van der Waals surface area contributed by atoms with Crippen LogP contribution in [0.5, 0.6) is 0 Å². The second kappa shape index (κ2) is 67.8. The smallest absolute Gasteiger partial charge is 0.446 e. The summed E-state index contributed by atoms with van der Waals surface area (Å²) in [5, 5.41) is 0. The van der Waals surface area contributed by atoms with Gasteiger partial charge in [0.05, 0.1) is 0 Å². The number of esters is 4. The van der Waals surface area contributed by atoms with Gasteiger partial charge in [0.25, 0.3) is 0 Å². The number of ether oxygens (including phenoxy) is 4. The molecule has 0 atom stereocenters. The molecule has 0 aromatic rings. The zero-order valence-corrected chi connectivity index (χ0v) is 56.4. The van der Waals surface area contributed by atoms with Crippen molar-refractivity contribution in [1.29, 1.82) is 0 Å². The number of halogens is 3. The molecule has 0 heterocycles. The Bertz CT molecular complexity index is 1170. The van der Waals surface area contributed by atoms with E-state index in [1.165, 1.54) is 205 Å². The van der Waals surface area contributed by atoms with Gasteiger partial charge in [-0.2, -0.15) is 13.2 Å². The lowest BCUT2D eigenvalue weighted by atomic mass is 10.0. The number of alkyl halides is 3. The second-order valence-corrected chi connectivity index (χ2v) is 24.4. The van der Waals surface area contributed by atoms with Crippen LogP contribution >= 0.6 is 0 Å². The van der Waals surface area contributed by atoms with Crippen molar-refractivity contribution in [2.45, 2.75) is 433 Å². The van der Waals surface area contributed by atoms with Crippen LogP contribution in [0.25, 0.3) is 0 Å². The van der Waals surface area contributed by atoms with E-state index >= 15 is 0 Å². The Morgan fingerprint density at radius 3 is 0.512 bits per heavy atom. The van der Waals surface area contributed by atoms with Gasteiger partial charge in [0.1, 0.15) is 24.4 Å². The van der Waals surface area contributed by atoms with E-state index in [-0.39, 0.29) is 48.3 Å². The van der Waals surface area contributed by atoms with Gasteiger partial charge >= 0.3 is 30.1 Å². The number of rotatable bonds is 60. The Morgan fingerprint density at radius 2 is 0.393 bits per heavy atom. The lowest BCUT2D eigenvalue weighted by Crippen LogP contribution is -2.20. The first-order valence-electron chi connectivity index (χ1n) is 36.0. The monoisotopic (exact) mass is 1200 g/mol. The molecule has 0 amide bonds. The molecule has 84 heavy (non-hydrogen) atoms.